The Morgan fingerprint density at radius 2 is 2.03 bits per heavy atom. The molecule has 1 heterocycles. The van der Waals surface area contributed by atoms with E-state index in [0.717, 1.165) is 18.4 Å². The van der Waals surface area contributed by atoms with Gasteiger partial charge in [0.25, 0.3) is 5.91 Å². The molecule has 0 atom stereocenters. The maximum absolute atomic E-state index is 14.6. The van der Waals surface area contributed by atoms with Crippen LogP contribution in [0, 0.1) is 18.6 Å². The minimum Gasteiger partial charge on any atom is -0.486 e. The van der Waals surface area contributed by atoms with Crippen molar-refractivity contribution < 1.29 is 18.3 Å². The lowest BCUT2D eigenvalue weighted by Crippen LogP contribution is -2.16. The highest BCUT2D eigenvalue weighted by Gasteiger charge is 2.25. The quantitative estimate of drug-likeness (QED) is 0.207. The van der Waals surface area contributed by atoms with Gasteiger partial charge < -0.3 is 15.8 Å². The van der Waals surface area contributed by atoms with Crippen molar-refractivity contribution in [3.63, 3.8) is 0 Å². The van der Waals surface area contributed by atoms with E-state index in [0.29, 0.717) is 35.9 Å². The first-order chi connectivity index (χ1) is 15.9. The van der Waals surface area contributed by atoms with Gasteiger partial charge in [0.15, 0.2) is 11.6 Å². The molecule has 1 amide bonds. The number of nitrogens with zero attached hydrogens (tertiary/aromatic N) is 2. The molecule has 4 N–H and O–H groups in total. The van der Waals surface area contributed by atoms with E-state index in [1.807, 2.05) is 22.9 Å². The summed E-state index contributed by atoms with van der Waals surface area (Å²) in [4.78, 5) is 21.0. The average Bonchev–Trinajstić information content (AvgIpc) is 3.62. The zero-order valence-electron chi connectivity index (χ0n) is 17.8. The molecule has 3 aromatic rings. The monoisotopic (exact) mass is 565 g/mol. The van der Waals surface area contributed by atoms with E-state index in [2.05, 4.69) is 18.8 Å². The summed E-state index contributed by atoms with van der Waals surface area (Å²) >= 11 is 1.99. The number of carbonyl (C=O) groups excluding carboxylic acids is 1. The van der Waals surface area contributed by atoms with Gasteiger partial charge in [-0.05, 0) is 61.1 Å². The molecule has 0 radical (unpaired) electrons. The van der Waals surface area contributed by atoms with Gasteiger partial charge in [-0.1, -0.05) is 6.07 Å². The van der Waals surface area contributed by atoms with Gasteiger partial charge in [0.1, 0.15) is 30.3 Å². The van der Waals surface area contributed by atoms with Crippen molar-refractivity contribution >= 4 is 40.3 Å². The van der Waals surface area contributed by atoms with E-state index in [1.54, 1.807) is 13.0 Å². The fraction of sp³-hybridized carbons (Fsp3) is 0.261. The lowest BCUT2D eigenvalue weighted by molar-refractivity contribution is 0.102. The minimum atomic E-state index is -0.665. The Bertz CT molecular complexity index is 1200. The number of nitrogens with two attached hydrogens (primary N) is 1. The number of rotatable bonds is 8. The molecule has 172 valence electrons. The van der Waals surface area contributed by atoms with Crippen LogP contribution in [0.1, 0.15) is 40.2 Å². The van der Waals surface area contributed by atoms with Gasteiger partial charge in [0.2, 0.25) is 0 Å². The van der Waals surface area contributed by atoms with Crippen LogP contribution >= 0.6 is 22.9 Å². The maximum atomic E-state index is 14.6. The first-order valence-corrected chi connectivity index (χ1v) is 11.4. The third-order valence-corrected chi connectivity index (χ3v) is 5.98. The molecule has 1 saturated carbocycles. The zero-order valence-corrected chi connectivity index (χ0v) is 19.9. The third kappa shape index (κ3) is 5.22. The summed E-state index contributed by atoms with van der Waals surface area (Å²) in [6.45, 7) is 2.54. The van der Waals surface area contributed by atoms with Crippen molar-refractivity contribution in [2.75, 3.05) is 24.2 Å². The molecule has 33 heavy (non-hydrogen) atoms. The number of ether oxygens (including phenoxy) is 1. The number of benzene rings is 2. The SMILES string of the molecule is Cc1c(NC(=O)c2ccc(C3CC3)cc2F)cc(F)cc1-c1ncnc(N)c1OCCNI. The van der Waals surface area contributed by atoms with Crippen molar-refractivity contribution in [1.29, 1.82) is 0 Å². The standard InChI is InChI=1S/C23H22F2IN5O2/c1-12-17(20-21(33-7-6-30-26)22(27)29-11-28-20)9-15(24)10-19(12)31-23(32)16-5-4-14(8-18(16)25)13-2-3-13/h4-5,8-11,13,30H,2-3,6-7H2,1H3,(H,31,32)(H2,27,28,29). The van der Waals surface area contributed by atoms with Crippen LogP contribution < -0.4 is 19.3 Å². The zero-order chi connectivity index (χ0) is 23.5. The van der Waals surface area contributed by atoms with Crippen LogP contribution in [0.15, 0.2) is 36.7 Å². The van der Waals surface area contributed by atoms with Crippen LogP contribution in [0.25, 0.3) is 11.3 Å². The largest absolute Gasteiger partial charge is 0.486 e. The number of anilines is 2. The Labute approximate surface area is 203 Å². The number of aromatic nitrogens is 2. The first-order valence-electron chi connectivity index (χ1n) is 10.4. The normalized spacial score (nSPS) is 13.1. The van der Waals surface area contributed by atoms with Gasteiger partial charge in [-0.2, -0.15) is 0 Å². The second kappa shape index (κ2) is 9.96. The molecule has 0 bridgehead atoms. The molecule has 0 unspecified atom stereocenters. The van der Waals surface area contributed by atoms with Gasteiger partial charge >= 0.3 is 0 Å². The second-order valence-corrected chi connectivity index (χ2v) is 8.53. The predicted octanol–water partition coefficient (Wildman–Crippen LogP) is 4.76. The first kappa shape index (κ1) is 23.3. The van der Waals surface area contributed by atoms with Crippen LogP contribution in [0.4, 0.5) is 20.3 Å². The molecule has 1 aromatic heterocycles. The molecule has 0 saturated heterocycles. The molecule has 1 aliphatic carbocycles. The van der Waals surface area contributed by atoms with Crippen LogP contribution in [0.3, 0.4) is 0 Å². The molecule has 4 rings (SSSR count). The Morgan fingerprint density at radius 1 is 1.24 bits per heavy atom. The average molecular weight is 565 g/mol. The lowest BCUT2D eigenvalue weighted by Gasteiger charge is -2.16. The highest BCUT2D eigenvalue weighted by atomic mass is 127. The summed E-state index contributed by atoms with van der Waals surface area (Å²) in [6.07, 6.45) is 3.32. The molecule has 10 heteroatoms. The predicted molar refractivity (Wildman–Crippen MR) is 130 cm³/mol. The van der Waals surface area contributed by atoms with Crippen LogP contribution in [-0.4, -0.2) is 29.0 Å². The van der Waals surface area contributed by atoms with Crippen molar-refractivity contribution in [2.45, 2.75) is 25.7 Å². The Hall–Kier alpha value is -2.86. The van der Waals surface area contributed by atoms with Gasteiger partial charge in [0, 0.05) is 40.7 Å². The Balaban J connectivity index is 1.66. The topological polar surface area (TPSA) is 102 Å². The van der Waals surface area contributed by atoms with E-state index in [9.17, 15) is 13.6 Å². The van der Waals surface area contributed by atoms with Crippen molar-refractivity contribution in [3.8, 4) is 17.0 Å². The Kier molecular flexibility index (Phi) is 7.03. The third-order valence-electron chi connectivity index (χ3n) is 5.44. The van der Waals surface area contributed by atoms with E-state index in [4.69, 9.17) is 10.5 Å². The van der Waals surface area contributed by atoms with E-state index < -0.39 is 17.5 Å². The van der Waals surface area contributed by atoms with Crippen LogP contribution in [-0.2, 0) is 0 Å². The van der Waals surface area contributed by atoms with Crippen LogP contribution in [0.5, 0.6) is 5.75 Å². The van der Waals surface area contributed by atoms with Gasteiger partial charge in [0.05, 0.1) is 5.56 Å². The Morgan fingerprint density at radius 3 is 2.73 bits per heavy atom. The molecular formula is C23H22F2IN5O2. The van der Waals surface area contributed by atoms with Crippen molar-refractivity contribution in [2.24, 2.45) is 0 Å². The van der Waals surface area contributed by atoms with E-state index in [1.165, 1.54) is 30.6 Å². The summed E-state index contributed by atoms with van der Waals surface area (Å²) in [5.41, 5.74) is 8.14. The molecule has 2 aromatic carbocycles. The number of halogens is 3. The smallest absolute Gasteiger partial charge is 0.258 e. The van der Waals surface area contributed by atoms with E-state index >= 15 is 0 Å². The number of nitrogen functional groups attached to an aromatic ring is 1. The fourth-order valence-electron chi connectivity index (χ4n) is 3.54. The van der Waals surface area contributed by atoms with Gasteiger partial charge in [-0.25, -0.2) is 18.7 Å². The maximum Gasteiger partial charge on any atom is 0.258 e. The summed E-state index contributed by atoms with van der Waals surface area (Å²) in [5, 5.41) is 2.62. The van der Waals surface area contributed by atoms with Gasteiger partial charge in [-0.15, -0.1) is 0 Å². The molecular weight excluding hydrogens is 543 g/mol. The summed E-state index contributed by atoms with van der Waals surface area (Å²) in [5.74, 6) is -1.17. The minimum absolute atomic E-state index is 0.105. The highest BCUT2D eigenvalue weighted by molar-refractivity contribution is 14.1. The summed E-state index contributed by atoms with van der Waals surface area (Å²) in [7, 11) is 0. The number of hydrogen-bond donors (Lipinski definition) is 3. The fourth-order valence-corrected chi connectivity index (χ4v) is 3.76. The lowest BCUT2D eigenvalue weighted by atomic mass is 10.0. The number of nitrogens with one attached hydrogen (secondary N) is 2. The number of carbonyl (C=O) groups is 1. The number of hydrogen-bond acceptors (Lipinski definition) is 6. The number of amides is 1. The van der Waals surface area contributed by atoms with Crippen LogP contribution in [0.2, 0.25) is 0 Å². The van der Waals surface area contributed by atoms with Crippen molar-refractivity contribution in [3.05, 3.63) is 65.0 Å². The molecule has 7 nitrogen and oxygen atoms in total. The second-order valence-electron chi connectivity index (χ2n) is 7.76. The highest BCUT2D eigenvalue weighted by Crippen LogP contribution is 2.40. The summed E-state index contributed by atoms with van der Waals surface area (Å²) in [6, 6.07) is 7.08. The van der Waals surface area contributed by atoms with E-state index in [-0.39, 0.29) is 22.8 Å². The summed E-state index contributed by atoms with van der Waals surface area (Å²) < 4.78 is 37.8. The molecule has 1 aliphatic rings. The molecule has 1 fully saturated rings. The van der Waals surface area contributed by atoms with Gasteiger partial charge in [-0.3, -0.25) is 8.32 Å². The van der Waals surface area contributed by atoms with Crippen molar-refractivity contribution in [1.82, 2.24) is 13.5 Å². The molecule has 0 spiro atoms. The molecule has 0 aliphatic heterocycles.